The molecule has 0 saturated carbocycles. The maximum atomic E-state index is 10.6. The van der Waals surface area contributed by atoms with Crippen LogP contribution in [0, 0.1) is 5.41 Å². The fourth-order valence-electron chi connectivity index (χ4n) is 0.306. The molecule has 0 aromatic rings. The average Bonchev–Trinajstić information content (AvgIpc) is 1.86. The van der Waals surface area contributed by atoms with Crippen molar-refractivity contribution in [3.05, 3.63) is 0 Å². The molecule has 0 rings (SSSR count). The largest absolute Gasteiger partial charge is 0.469 e. The molecule has 2 nitrogen and oxygen atoms in total. The minimum absolute atomic E-state index is 0.169. The summed E-state index contributed by atoms with van der Waals surface area (Å²) < 4.78 is 4.48. The second kappa shape index (κ2) is 6.74. The number of esters is 1. The fraction of sp³-hybridized carbons (Fsp3) is 0.857. The van der Waals surface area contributed by atoms with Gasteiger partial charge in [0, 0.05) is 0 Å². The van der Waals surface area contributed by atoms with E-state index < -0.39 is 0 Å². The molecule has 0 fully saturated rings. The third kappa shape index (κ3) is 10.1. The Morgan fingerprint density at radius 1 is 1.36 bits per heavy atom. The Kier molecular flexibility index (Phi) is 8.35. The zero-order valence-corrected chi connectivity index (χ0v) is 8.79. The Bertz CT molecular complexity index is 107. The van der Waals surface area contributed by atoms with E-state index in [1.54, 1.807) is 0 Å². The van der Waals surface area contributed by atoms with Crippen LogP contribution >= 0.6 is 23.2 Å². The second-order valence-electron chi connectivity index (χ2n) is 2.84. The van der Waals surface area contributed by atoms with Crippen molar-refractivity contribution in [3.8, 4) is 0 Å². The van der Waals surface area contributed by atoms with Crippen molar-refractivity contribution < 1.29 is 9.53 Å². The molecule has 0 spiro atoms. The van der Waals surface area contributed by atoms with Crippen molar-refractivity contribution in [3.63, 3.8) is 0 Å². The van der Waals surface area contributed by atoms with Crippen LogP contribution in [-0.2, 0) is 9.53 Å². The van der Waals surface area contributed by atoms with E-state index >= 15 is 0 Å². The van der Waals surface area contributed by atoms with Crippen LogP contribution in [0.1, 0.15) is 20.8 Å². The molecule has 11 heavy (non-hydrogen) atoms. The maximum absolute atomic E-state index is 10.6. The zero-order chi connectivity index (χ0) is 9.49. The monoisotopic (exact) mass is 200 g/mol. The first-order valence-electron chi connectivity index (χ1n) is 3.10. The third-order valence-electron chi connectivity index (χ3n) is 0.798. The van der Waals surface area contributed by atoms with Gasteiger partial charge < -0.3 is 4.74 Å². The Balaban J connectivity index is 0. The van der Waals surface area contributed by atoms with Crippen LogP contribution in [-0.4, -0.2) is 18.4 Å². The lowest BCUT2D eigenvalue weighted by Gasteiger charge is -2.13. The summed E-state index contributed by atoms with van der Waals surface area (Å²) in [5.74, 6) is -0.169. The molecular weight excluding hydrogens is 187 g/mol. The van der Waals surface area contributed by atoms with Gasteiger partial charge in [-0.3, -0.25) is 4.79 Å². The molecule has 0 aromatic heterocycles. The number of rotatable bonds is 0. The number of hydrogen-bond donors (Lipinski definition) is 0. The molecule has 0 aliphatic rings. The van der Waals surface area contributed by atoms with Gasteiger partial charge in [0.05, 0.1) is 17.9 Å². The standard InChI is InChI=1S/C6H12O2.CH2Cl2/c1-6(2,3)5(7)8-4;2-1-3/h1-4H3;1H2. The van der Waals surface area contributed by atoms with Gasteiger partial charge in [-0.05, 0) is 20.8 Å². The van der Waals surface area contributed by atoms with Gasteiger partial charge in [0.25, 0.3) is 0 Å². The van der Waals surface area contributed by atoms with Crippen molar-refractivity contribution in [2.75, 3.05) is 12.4 Å². The summed E-state index contributed by atoms with van der Waals surface area (Å²) in [5, 5.41) is 0.194. The van der Waals surface area contributed by atoms with E-state index in [0.717, 1.165) is 0 Å². The van der Waals surface area contributed by atoms with Crippen LogP contribution in [0.15, 0.2) is 0 Å². The van der Waals surface area contributed by atoms with Crippen LogP contribution in [0.25, 0.3) is 0 Å². The minimum atomic E-state index is -0.352. The molecule has 0 unspecified atom stereocenters. The van der Waals surface area contributed by atoms with Crippen molar-refractivity contribution in [1.29, 1.82) is 0 Å². The highest BCUT2D eigenvalue weighted by atomic mass is 35.5. The van der Waals surface area contributed by atoms with E-state index in [0.29, 0.717) is 0 Å². The Morgan fingerprint density at radius 2 is 1.64 bits per heavy atom. The lowest BCUT2D eigenvalue weighted by molar-refractivity contribution is -0.149. The van der Waals surface area contributed by atoms with Gasteiger partial charge in [-0.25, -0.2) is 0 Å². The van der Waals surface area contributed by atoms with Gasteiger partial charge >= 0.3 is 5.97 Å². The molecule has 0 amide bonds. The Morgan fingerprint density at radius 3 is 1.64 bits per heavy atom. The van der Waals surface area contributed by atoms with Gasteiger partial charge in [-0.15, -0.1) is 23.2 Å². The SMILES string of the molecule is COC(=O)C(C)(C)C.ClCCl. The van der Waals surface area contributed by atoms with Crippen LogP contribution in [0.3, 0.4) is 0 Å². The fourth-order valence-corrected chi connectivity index (χ4v) is 0.306. The van der Waals surface area contributed by atoms with E-state index in [2.05, 4.69) is 4.74 Å². The van der Waals surface area contributed by atoms with Crippen LogP contribution in [0.2, 0.25) is 0 Å². The number of ether oxygens (including phenoxy) is 1. The molecule has 0 N–H and O–H groups in total. The summed E-state index contributed by atoms with van der Waals surface area (Å²) in [4.78, 5) is 10.6. The highest BCUT2D eigenvalue weighted by Gasteiger charge is 2.21. The van der Waals surface area contributed by atoms with E-state index in [1.807, 2.05) is 20.8 Å². The molecule has 0 atom stereocenters. The van der Waals surface area contributed by atoms with E-state index in [-0.39, 0.29) is 16.7 Å². The Hall–Kier alpha value is 0.0500. The zero-order valence-electron chi connectivity index (χ0n) is 7.28. The minimum Gasteiger partial charge on any atom is -0.469 e. The lowest BCUT2D eigenvalue weighted by Crippen LogP contribution is -2.21. The van der Waals surface area contributed by atoms with Gasteiger partial charge in [-0.1, -0.05) is 0 Å². The highest BCUT2D eigenvalue weighted by Crippen LogP contribution is 2.13. The van der Waals surface area contributed by atoms with Gasteiger partial charge in [0.2, 0.25) is 0 Å². The van der Waals surface area contributed by atoms with E-state index in [4.69, 9.17) is 23.2 Å². The molecule has 0 radical (unpaired) electrons. The van der Waals surface area contributed by atoms with Crippen molar-refractivity contribution >= 4 is 29.2 Å². The molecule has 0 bridgehead atoms. The number of alkyl halides is 2. The first-order chi connectivity index (χ1) is 4.90. The number of carbonyl (C=O) groups excluding carboxylic acids is 1. The smallest absolute Gasteiger partial charge is 0.310 e. The summed E-state index contributed by atoms with van der Waals surface area (Å²) in [6.07, 6.45) is 0. The topological polar surface area (TPSA) is 26.3 Å². The number of methoxy groups -OCH3 is 1. The molecule has 0 heterocycles. The summed E-state index contributed by atoms with van der Waals surface area (Å²) in [6.45, 7) is 5.45. The van der Waals surface area contributed by atoms with Crippen molar-refractivity contribution in [1.82, 2.24) is 0 Å². The summed E-state index contributed by atoms with van der Waals surface area (Å²) in [7, 11) is 1.40. The normalized spacial score (nSPS) is 9.64. The van der Waals surface area contributed by atoms with Crippen molar-refractivity contribution in [2.45, 2.75) is 20.8 Å². The van der Waals surface area contributed by atoms with Crippen molar-refractivity contribution in [2.24, 2.45) is 5.41 Å². The number of hydrogen-bond acceptors (Lipinski definition) is 2. The predicted octanol–water partition coefficient (Wildman–Crippen LogP) is 2.63. The third-order valence-corrected chi connectivity index (χ3v) is 0.798. The quantitative estimate of drug-likeness (QED) is 0.444. The second-order valence-corrected chi connectivity index (χ2v) is 3.65. The predicted molar refractivity (Wildman–Crippen MR) is 48.0 cm³/mol. The lowest BCUT2D eigenvalue weighted by atomic mass is 9.98. The van der Waals surface area contributed by atoms with Crippen LogP contribution in [0.5, 0.6) is 0 Å². The summed E-state index contributed by atoms with van der Waals surface area (Å²) in [6, 6.07) is 0. The maximum Gasteiger partial charge on any atom is 0.310 e. The first-order valence-corrected chi connectivity index (χ1v) is 4.17. The summed E-state index contributed by atoms with van der Waals surface area (Å²) >= 11 is 9.53. The molecule has 68 valence electrons. The Labute approximate surface area is 77.8 Å². The molecular formula is C7H14Cl2O2. The van der Waals surface area contributed by atoms with Crippen LogP contribution < -0.4 is 0 Å². The molecule has 0 saturated heterocycles. The average molecular weight is 201 g/mol. The van der Waals surface area contributed by atoms with E-state index in [9.17, 15) is 4.79 Å². The van der Waals surface area contributed by atoms with Gasteiger partial charge in [-0.2, -0.15) is 0 Å². The number of halogens is 2. The highest BCUT2D eigenvalue weighted by molar-refractivity contribution is 6.40. The molecule has 0 aromatic carbocycles. The molecule has 0 aliphatic heterocycles. The van der Waals surface area contributed by atoms with Crippen LogP contribution in [0.4, 0.5) is 0 Å². The van der Waals surface area contributed by atoms with Gasteiger partial charge in [0.1, 0.15) is 0 Å². The molecule has 4 heteroatoms. The summed E-state index contributed by atoms with van der Waals surface area (Å²) in [5.41, 5.74) is -0.352. The van der Waals surface area contributed by atoms with Gasteiger partial charge in [0.15, 0.2) is 0 Å². The first kappa shape index (κ1) is 13.6. The number of carbonyl (C=O) groups is 1. The molecule has 0 aliphatic carbocycles. The van der Waals surface area contributed by atoms with E-state index in [1.165, 1.54) is 7.11 Å².